The molecule has 0 spiro atoms. The Hall–Kier alpha value is -9.02. The smallest absolute Gasteiger partial charge is 0.335 e. The van der Waals surface area contributed by atoms with E-state index in [1.807, 2.05) is 63.1 Å². The van der Waals surface area contributed by atoms with Crippen molar-refractivity contribution >= 4 is 64.5 Å². The number of aryl methyl sites for hydroxylation is 2. The Kier molecular flexibility index (Phi) is 16.1. The second-order valence-corrected chi connectivity index (χ2v) is 18.2. The van der Waals surface area contributed by atoms with Crippen LogP contribution in [-0.2, 0) is 13.1 Å². The predicted molar refractivity (Wildman–Crippen MR) is 281 cm³/mol. The van der Waals surface area contributed by atoms with Crippen molar-refractivity contribution in [3.63, 3.8) is 0 Å². The van der Waals surface area contributed by atoms with Gasteiger partial charge in [-0.2, -0.15) is 9.97 Å². The average Bonchev–Trinajstić information content (AvgIpc) is 3.41. The largest absolute Gasteiger partial charge is 0.478 e. The van der Waals surface area contributed by atoms with Crippen molar-refractivity contribution in [2.75, 3.05) is 80.1 Å². The summed E-state index contributed by atoms with van der Waals surface area (Å²) in [5.41, 5.74) is 4.28. The molecule has 392 valence electrons. The molecule has 0 fully saturated rings. The van der Waals surface area contributed by atoms with Gasteiger partial charge < -0.3 is 41.5 Å². The van der Waals surface area contributed by atoms with Crippen LogP contribution in [-0.4, -0.2) is 113 Å². The summed E-state index contributed by atoms with van der Waals surface area (Å²) < 4.78 is 59.3. The maximum Gasteiger partial charge on any atom is 0.335 e. The number of carbonyl (C=O) groups excluding carboxylic acids is 3. The molecule has 76 heavy (non-hydrogen) atoms. The quantitative estimate of drug-likeness (QED) is 0.0530. The van der Waals surface area contributed by atoms with E-state index in [1.165, 1.54) is 24.3 Å². The number of para-hydroxylation sites is 3. The number of likely N-dealkylation sites (N-methyl/N-ethyl adjacent to an activating group) is 2. The van der Waals surface area contributed by atoms with Crippen LogP contribution < -0.4 is 36.4 Å². The lowest BCUT2D eigenvalue weighted by Crippen LogP contribution is -2.43. The predicted octanol–water partition coefficient (Wildman–Crippen LogP) is 9.08. The highest BCUT2D eigenvalue weighted by Crippen LogP contribution is 2.41. The summed E-state index contributed by atoms with van der Waals surface area (Å²) >= 11 is 0. The van der Waals surface area contributed by atoms with Crippen LogP contribution in [0.2, 0.25) is 0 Å². The van der Waals surface area contributed by atoms with Crippen LogP contribution in [0.1, 0.15) is 43.0 Å². The van der Waals surface area contributed by atoms with Gasteiger partial charge in [0.25, 0.3) is 5.91 Å². The van der Waals surface area contributed by atoms with Crippen LogP contribution in [0.15, 0.2) is 103 Å². The molecule has 18 nitrogen and oxygen atoms in total. The number of aromatic nitrogens is 4. The summed E-state index contributed by atoms with van der Waals surface area (Å²) in [4.78, 5) is 74.7. The van der Waals surface area contributed by atoms with Crippen molar-refractivity contribution in [2.24, 2.45) is 0 Å². The molecule has 2 aliphatic heterocycles. The van der Waals surface area contributed by atoms with E-state index in [0.717, 1.165) is 45.2 Å². The Morgan fingerprint density at radius 1 is 0.592 bits per heavy atom. The maximum absolute atomic E-state index is 14.9. The molecular formula is C54H53F4N13O5. The first-order chi connectivity index (χ1) is 36.4. The number of halogens is 4. The van der Waals surface area contributed by atoms with Crippen molar-refractivity contribution < 1.29 is 41.8 Å². The van der Waals surface area contributed by atoms with E-state index in [-0.39, 0.29) is 48.1 Å². The van der Waals surface area contributed by atoms with Gasteiger partial charge in [0, 0.05) is 59.7 Å². The molecule has 7 aromatic rings. The number of anilines is 7. The van der Waals surface area contributed by atoms with Gasteiger partial charge in [0.15, 0.2) is 11.6 Å². The number of rotatable bonds is 15. The first kappa shape index (κ1) is 53.3. The van der Waals surface area contributed by atoms with Gasteiger partial charge in [0.05, 0.1) is 30.0 Å². The lowest BCUT2D eigenvalue weighted by Gasteiger charge is -2.31. The number of carboxylic acids is 1. The molecule has 0 saturated heterocycles. The summed E-state index contributed by atoms with van der Waals surface area (Å²) in [6.45, 7) is 5.93. The van der Waals surface area contributed by atoms with Crippen molar-refractivity contribution in [3.8, 4) is 22.5 Å². The zero-order valence-electron chi connectivity index (χ0n) is 42.2. The Labute approximate surface area is 434 Å². The normalized spacial score (nSPS) is 12.8. The van der Waals surface area contributed by atoms with Gasteiger partial charge in [0.1, 0.15) is 34.6 Å². The van der Waals surface area contributed by atoms with E-state index in [4.69, 9.17) is 4.98 Å². The molecule has 2 aliphatic rings. The number of hydrogen-bond acceptors (Lipinski definition) is 12. The number of amides is 5. The third-order valence-electron chi connectivity index (χ3n) is 12.2. The SMILES string of the molecule is Cc1ccc(C(=O)Nc2ccccc2)cc1-c1nc(NCCN(C)C)nc2c1CNC(=O)N2c1c(F)cccc1F.Cc1ccc(C(=O)O)cc1-c1nc(NCCN(C)C)nc2c1CNC(=O)N2c1c(F)cccc1F. The van der Waals surface area contributed by atoms with Gasteiger partial charge in [-0.15, -0.1) is 0 Å². The first-order valence-corrected chi connectivity index (χ1v) is 23.8. The fraction of sp³-hybridized carbons (Fsp3) is 0.222. The summed E-state index contributed by atoms with van der Waals surface area (Å²) in [7, 11) is 7.63. The molecule has 0 aliphatic carbocycles. The summed E-state index contributed by atoms with van der Waals surface area (Å²) in [5.74, 6) is -4.73. The Morgan fingerprint density at radius 2 is 1.01 bits per heavy atom. The fourth-order valence-corrected chi connectivity index (χ4v) is 8.28. The molecule has 0 radical (unpaired) electrons. The van der Waals surface area contributed by atoms with Gasteiger partial charge in [-0.25, -0.2) is 51.7 Å². The minimum atomic E-state index is -1.11. The topological polar surface area (TPSA) is 213 Å². The molecule has 0 bridgehead atoms. The number of aromatic carboxylic acids is 1. The zero-order valence-corrected chi connectivity index (χ0v) is 42.2. The molecule has 5 amide bonds. The van der Waals surface area contributed by atoms with E-state index in [2.05, 4.69) is 41.5 Å². The highest BCUT2D eigenvalue weighted by Gasteiger charge is 2.36. The minimum absolute atomic E-state index is 0.00914. The molecular weight excluding hydrogens is 987 g/mol. The van der Waals surface area contributed by atoms with Crippen LogP contribution in [0.3, 0.4) is 0 Å². The van der Waals surface area contributed by atoms with Gasteiger partial charge in [-0.05, 0) is 114 Å². The number of hydrogen-bond donors (Lipinski definition) is 6. The van der Waals surface area contributed by atoms with Gasteiger partial charge in [0.2, 0.25) is 11.9 Å². The number of nitrogens with one attached hydrogen (secondary N) is 5. The zero-order chi connectivity index (χ0) is 54.4. The summed E-state index contributed by atoms with van der Waals surface area (Å²) in [6, 6.07) is 24.2. The lowest BCUT2D eigenvalue weighted by molar-refractivity contribution is 0.0696. The molecule has 9 rings (SSSR count). The number of benzene rings is 5. The standard InChI is InChI=1S/C30H29F2N7O2.C24H24F2N6O3/c1-18-12-13-19(28(40)35-20-8-5-4-6-9-20)16-21(18)25-22-17-34-30(41)39(26-23(31)10-7-11-24(26)32)27(22)37-29(36-25)33-14-15-38(2)3;1-13-7-8-14(22(33)34)11-15(13)19-16-12-28-24(35)32(20-17(25)5-4-6-18(20)26)21(16)30-23(29-19)27-9-10-31(2)3/h4-13,16H,14-15,17H2,1-3H3,(H,34,41)(H,35,40)(H,33,36,37);4-8,11H,9-10,12H2,1-3H3,(H,28,35)(H,33,34)(H,27,29,30). The summed E-state index contributed by atoms with van der Waals surface area (Å²) in [6.07, 6.45) is 0. The van der Waals surface area contributed by atoms with Crippen molar-refractivity contribution in [3.05, 3.63) is 160 Å². The molecule has 0 atom stereocenters. The van der Waals surface area contributed by atoms with Crippen molar-refractivity contribution in [1.29, 1.82) is 0 Å². The van der Waals surface area contributed by atoms with Gasteiger partial charge in [-0.1, -0.05) is 42.5 Å². The number of fused-ring (bicyclic) bond motifs is 2. The number of carbonyl (C=O) groups is 4. The molecule has 0 saturated carbocycles. The Balaban J connectivity index is 0.000000204. The van der Waals surface area contributed by atoms with Crippen LogP contribution in [0, 0.1) is 37.1 Å². The van der Waals surface area contributed by atoms with E-state index >= 15 is 0 Å². The molecule has 4 heterocycles. The summed E-state index contributed by atoms with van der Waals surface area (Å²) in [5, 5.41) is 23.9. The first-order valence-electron chi connectivity index (χ1n) is 23.8. The molecule has 6 N–H and O–H groups in total. The number of urea groups is 2. The third-order valence-corrected chi connectivity index (χ3v) is 12.2. The molecule has 22 heteroatoms. The molecule has 5 aromatic carbocycles. The van der Waals surface area contributed by atoms with Crippen LogP contribution in [0.25, 0.3) is 22.5 Å². The lowest BCUT2D eigenvalue weighted by atomic mass is 9.97. The van der Waals surface area contributed by atoms with E-state index in [9.17, 15) is 41.8 Å². The van der Waals surface area contributed by atoms with Crippen molar-refractivity contribution in [2.45, 2.75) is 26.9 Å². The highest BCUT2D eigenvalue weighted by atomic mass is 19.1. The van der Waals surface area contributed by atoms with Gasteiger partial charge in [-0.3, -0.25) is 4.79 Å². The van der Waals surface area contributed by atoms with E-state index < -0.39 is 52.7 Å². The van der Waals surface area contributed by atoms with Gasteiger partial charge >= 0.3 is 18.0 Å². The van der Waals surface area contributed by atoms with Crippen LogP contribution in [0.5, 0.6) is 0 Å². The van der Waals surface area contributed by atoms with E-state index in [1.54, 1.807) is 43.3 Å². The third kappa shape index (κ3) is 11.7. The van der Waals surface area contributed by atoms with E-state index in [0.29, 0.717) is 71.1 Å². The Morgan fingerprint density at radius 3 is 1.43 bits per heavy atom. The minimum Gasteiger partial charge on any atom is -0.478 e. The number of carboxylic acid groups (broad SMARTS) is 1. The van der Waals surface area contributed by atoms with Crippen LogP contribution in [0.4, 0.5) is 67.7 Å². The highest BCUT2D eigenvalue weighted by molar-refractivity contribution is 6.06. The Bertz CT molecular complexity index is 3320. The monoisotopic (exact) mass is 1040 g/mol. The van der Waals surface area contributed by atoms with Crippen LogP contribution >= 0.6 is 0 Å². The molecule has 0 unspecified atom stereocenters. The number of nitrogens with zero attached hydrogens (tertiary/aromatic N) is 8. The second-order valence-electron chi connectivity index (χ2n) is 18.2. The molecule has 2 aromatic heterocycles. The average molecular weight is 1040 g/mol. The maximum atomic E-state index is 14.9. The second kappa shape index (κ2) is 23.0. The fourth-order valence-electron chi connectivity index (χ4n) is 8.28. The van der Waals surface area contributed by atoms with Crippen molar-refractivity contribution in [1.82, 2.24) is 40.4 Å².